The highest BCUT2D eigenvalue weighted by Crippen LogP contribution is 2.16. The van der Waals surface area contributed by atoms with E-state index in [1.54, 1.807) is 0 Å². The van der Waals surface area contributed by atoms with Crippen molar-refractivity contribution in [2.24, 2.45) is 5.92 Å². The van der Waals surface area contributed by atoms with Crippen LogP contribution in [0.25, 0.3) is 0 Å². The Hall–Kier alpha value is -0.110. The molecule has 1 aliphatic rings. The van der Waals surface area contributed by atoms with Gasteiger partial charge in [-0.05, 0) is 25.2 Å². The molecule has 0 bridgehead atoms. The Morgan fingerprint density at radius 2 is 2.18 bits per heavy atom. The second kappa shape index (κ2) is 4.05. The minimum Gasteiger partial charge on any atom is -0.311 e. The van der Waals surface area contributed by atoms with E-state index in [2.05, 4.69) is 19.2 Å². The summed E-state index contributed by atoms with van der Waals surface area (Å²) in [7, 11) is 0. The maximum atomic E-state index is 12.6. The van der Waals surface area contributed by atoms with Gasteiger partial charge in [0.05, 0.1) is 0 Å². The molecule has 1 saturated heterocycles. The molecule has 2 atom stereocenters. The molecule has 0 aliphatic carbocycles. The number of alkyl halides is 1. The molecule has 1 aliphatic heterocycles. The van der Waals surface area contributed by atoms with Gasteiger partial charge in [0.1, 0.15) is 6.17 Å². The Morgan fingerprint density at radius 3 is 2.64 bits per heavy atom. The zero-order valence-corrected chi connectivity index (χ0v) is 7.44. The lowest BCUT2D eigenvalue weighted by Crippen LogP contribution is -2.40. The summed E-state index contributed by atoms with van der Waals surface area (Å²) >= 11 is 0. The van der Waals surface area contributed by atoms with Crippen LogP contribution in [0, 0.1) is 5.92 Å². The molecular weight excluding hydrogens is 141 g/mol. The summed E-state index contributed by atoms with van der Waals surface area (Å²) in [6, 6.07) is 0.571. The molecule has 1 rings (SSSR count). The first-order valence-electron chi connectivity index (χ1n) is 4.56. The summed E-state index contributed by atoms with van der Waals surface area (Å²) in [5, 5.41) is 3.23. The van der Waals surface area contributed by atoms with Crippen molar-refractivity contribution in [1.82, 2.24) is 5.32 Å². The van der Waals surface area contributed by atoms with Crippen LogP contribution < -0.4 is 5.32 Å². The number of halogens is 1. The first kappa shape index (κ1) is 8.98. The fourth-order valence-corrected chi connectivity index (χ4v) is 1.65. The molecule has 1 N–H and O–H groups in total. The van der Waals surface area contributed by atoms with Gasteiger partial charge in [-0.3, -0.25) is 0 Å². The summed E-state index contributed by atoms with van der Waals surface area (Å²) in [4.78, 5) is 0. The monoisotopic (exact) mass is 159 g/mol. The van der Waals surface area contributed by atoms with Gasteiger partial charge in [0, 0.05) is 12.6 Å². The number of rotatable bonds is 2. The largest absolute Gasteiger partial charge is 0.311 e. The molecule has 66 valence electrons. The Morgan fingerprint density at radius 1 is 1.45 bits per heavy atom. The standard InChI is InChI=1S/C9H18FN/c1-7(2)5-9-4-3-8(10)6-11-9/h7-9,11H,3-6H2,1-2H3. The SMILES string of the molecule is CC(C)CC1CCC(F)CN1. The Kier molecular flexibility index (Phi) is 3.31. The topological polar surface area (TPSA) is 12.0 Å². The van der Waals surface area contributed by atoms with Gasteiger partial charge in [-0.15, -0.1) is 0 Å². The van der Waals surface area contributed by atoms with Gasteiger partial charge in [0.2, 0.25) is 0 Å². The van der Waals surface area contributed by atoms with Crippen molar-refractivity contribution in [1.29, 1.82) is 0 Å². The quantitative estimate of drug-likeness (QED) is 0.650. The lowest BCUT2D eigenvalue weighted by molar-refractivity contribution is 0.219. The van der Waals surface area contributed by atoms with Crippen LogP contribution in [0.1, 0.15) is 33.1 Å². The van der Waals surface area contributed by atoms with Crippen molar-refractivity contribution < 1.29 is 4.39 Å². The summed E-state index contributed by atoms with van der Waals surface area (Å²) in [5.41, 5.74) is 0. The summed E-state index contributed by atoms with van der Waals surface area (Å²) in [6.45, 7) is 4.99. The summed E-state index contributed by atoms with van der Waals surface area (Å²) in [6.07, 6.45) is 2.36. The van der Waals surface area contributed by atoms with Crippen LogP contribution in [-0.2, 0) is 0 Å². The van der Waals surface area contributed by atoms with Gasteiger partial charge in [0.25, 0.3) is 0 Å². The second-order valence-electron chi connectivity index (χ2n) is 3.91. The predicted molar refractivity (Wildman–Crippen MR) is 45.4 cm³/mol. The van der Waals surface area contributed by atoms with Gasteiger partial charge in [-0.2, -0.15) is 0 Å². The highest BCUT2D eigenvalue weighted by Gasteiger charge is 2.19. The van der Waals surface area contributed by atoms with Crippen LogP contribution in [0.2, 0.25) is 0 Å². The number of hydrogen-bond acceptors (Lipinski definition) is 1. The highest BCUT2D eigenvalue weighted by molar-refractivity contribution is 4.77. The van der Waals surface area contributed by atoms with Crippen LogP contribution in [0.5, 0.6) is 0 Å². The van der Waals surface area contributed by atoms with E-state index in [0.29, 0.717) is 12.6 Å². The van der Waals surface area contributed by atoms with Crippen LogP contribution in [-0.4, -0.2) is 18.8 Å². The zero-order valence-electron chi connectivity index (χ0n) is 7.44. The molecule has 0 radical (unpaired) electrons. The molecule has 0 saturated carbocycles. The molecule has 0 aromatic heterocycles. The van der Waals surface area contributed by atoms with E-state index in [4.69, 9.17) is 0 Å². The van der Waals surface area contributed by atoms with E-state index >= 15 is 0 Å². The van der Waals surface area contributed by atoms with Gasteiger partial charge >= 0.3 is 0 Å². The third-order valence-corrected chi connectivity index (χ3v) is 2.21. The van der Waals surface area contributed by atoms with E-state index in [1.807, 2.05) is 0 Å². The van der Waals surface area contributed by atoms with E-state index < -0.39 is 6.17 Å². The van der Waals surface area contributed by atoms with E-state index in [9.17, 15) is 4.39 Å². The van der Waals surface area contributed by atoms with Crippen molar-refractivity contribution in [2.45, 2.75) is 45.3 Å². The molecule has 0 spiro atoms. The number of nitrogens with one attached hydrogen (secondary N) is 1. The fourth-order valence-electron chi connectivity index (χ4n) is 1.65. The Balaban J connectivity index is 2.17. The predicted octanol–water partition coefficient (Wildman–Crippen LogP) is 2.12. The minimum absolute atomic E-state index is 0.567. The van der Waals surface area contributed by atoms with E-state index in [1.165, 1.54) is 6.42 Å². The zero-order chi connectivity index (χ0) is 8.27. The molecule has 1 heterocycles. The van der Waals surface area contributed by atoms with Crippen LogP contribution >= 0.6 is 0 Å². The third kappa shape index (κ3) is 3.19. The molecule has 0 amide bonds. The first-order valence-corrected chi connectivity index (χ1v) is 4.56. The summed E-state index contributed by atoms with van der Waals surface area (Å²) in [5.74, 6) is 0.726. The van der Waals surface area contributed by atoms with Crippen LogP contribution in [0.4, 0.5) is 4.39 Å². The van der Waals surface area contributed by atoms with Crippen LogP contribution in [0.3, 0.4) is 0 Å². The normalized spacial score (nSPS) is 32.7. The maximum absolute atomic E-state index is 12.6. The maximum Gasteiger partial charge on any atom is 0.113 e. The lowest BCUT2D eigenvalue weighted by Gasteiger charge is -2.27. The average Bonchev–Trinajstić information content (AvgIpc) is 1.93. The minimum atomic E-state index is -0.599. The molecule has 2 unspecified atom stereocenters. The number of piperidine rings is 1. The Labute approximate surface area is 68.4 Å². The van der Waals surface area contributed by atoms with Crippen molar-refractivity contribution in [3.8, 4) is 0 Å². The van der Waals surface area contributed by atoms with Crippen LogP contribution in [0.15, 0.2) is 0 Å². The molecule has 0 aromatic rings. The van der Waals surface area contributed by atoms with Gasteiger partial charge in [0.15, 0.2) is 0 Å². The average molecular weight is 159 g/mol. The molecule has 1 fully saturated rings. The van der Waals surface area contributed by atoms with Gasteiger partial charge < -0.3 is 5.32 Å². The highest BCUT2D eigenvalue weighted by atomic mass is 19.1. The number of hydrogen-bond donors (Lipinski definition) is 1. The summed E-state index contributed by atoms with van der Waals surface area (Å²) < 4.78 is 12.6. The van der Waals surface area contributed by atoms with Gasteiger partial charge in [-0.1, -0.05) is 13.8 Å². The van der Waals surface area contributed by atoms with Crippen molar-refractivity contribution in [3.05, 3.63) is 0 Å². The molecule has 0 aromatic carbocycles. The fraction of sp³-hybridized carbons (Fsp3) is 1.00. The van der Waals surface area contributed by atoms with E-state index in [-0.39, 0.29) is 0 Å². The molecular formula is C9H18FN. The van der Waals surface area contributed by atoms with Crippen molar-refractivity contribution >= 4 is 0 Å². The van der Waals surface area contributed by atoms with E-state index in [0.717, 1.165) is 18.8 Å². The van der Waals surface area contributed by atoms with Crippen molar-refractivity contribution in [3.63, 3.8) is 0 Å². The lowest BCUT2D eigenvalue weighted by atomic mass is 9.95. The third-order valence-electron chi connectivity index (χ3n) is 2.21. The first-order chi connectivity index (χ1) is 5.18. The molecule has 11 heavy (non-hydrogen) atoms. The molecule has 1 nitrogen and oxygen atoms in total. The Bertz CT molecular complexity index is 106. The van der Waals surface area contributed by atoms with Crippen molar-refractivity contribution in [2.75, 3.05) is 6.54 Å². The molecule has 2 heteroatoms. The van der Waals surface area contributed by atoms with Gasteiger partial charge in [-0.25, -0.2) is 4.39 Å². The second-order valence-corrected chi connectivity index (χ2v) is 3.91. The smallest absolute Gasteiger partial charge is 0.113 e.